The summed E-state index contributed by atoms with van der Waals surface area (Å²) in [6, 6.07) is 4.66. The summed E-state index contributed by atoms with van der Waals surface area (Å²) in [5.74, 6) is -0.493. The van der Waals surface area contributed by atoms with Crippen LogP contribution in [0, 0.1) is 0 Å². The molecule has 0 aliphatic heterocycles. The SMILES string of the molecule is O=C(CCNC(=O)c1ccsc1)Nc1cc(Cl)c(Cl)cc1Cl. The van der Waals surface area contributed by atoms with Crippen molar-refractivity contribution in [3.05, 3.63) is 49.6 Å². The van der Waals surface area contributed by atoms with Gasteiger partial charge >= 0.3 is 0 Å². The fourth-order valence-electron chi connectivity index (χ4n) is 1.62. The Morgan fingerprint density at radius 3 is 2.50 bits per heavy atom. The van der Waals surface area contributed by atoms with Crippen LogP contribution in [0.25, 0.3) is 0 Å². The van der Waals surface area contributed by atoms with E-state index < -0.39 is 0 Å². The zero-order valence-corrected chi connectivity index (χ0v) is 14.2. The molecule has 0 bridgehead atoms. The van der Waals surface area contributed by atoms with Gasteiger partial charge in [-0.1, -0.05) is 34.8 Å². The smallest absolute Gasteiger partial charge is 0.252 e. The summed E-state index contributed by atoms with van der Waals surface area (Å²) in [6.07, 6.45) is 0.118. The van der Waals surface area contributed by atoms with Crippen LogP contribution in [-0.4, -0.2) is 18.4 Å². The normalized spacial score (nSPS) is 10.3. The Hall–Kier alpha value is -1.27. The molecule has 0 aliphatic carbocycles. The van der Waals surface area contributed by atoms with Crippen molar-refractivity contribution in [3.8, 4) is 0 Å². The Bertz CT molecular complexity index is 690. The molecule has 0 aliphatic rings. The van der Waals surface area contributed by atoms with Crippen LogP contribution in [0.1, 0.15) is 16.8 Å². The van der Waals surface area contributed by atoms with E-state index in [-0.39, 0.29) is 24.8 Å². The number of anilines is 1. The highest BCUT2D eigenvalue weighted by atomic mass is 35.5. The monoisotopic (exact) mass is 376 g/mol. The van der Waals surface area contributed by atoms with Crippen LogP contribution < -0.4 is 10.6 Å². The van der Waals surface area contributed by atoms with Crippen molar-refractivity contribution in [1.29, 1.82) is 0 Å². The van der Waals surface area contributed by atoms with Gasteiger partial charge in [-0.05, 0) is 23.6 Å². The van der Waals surface area contributed by atoms with E-state index in [1.165, 1.54) is 23.5 Å². The molecule has 116 valence electrons. The van der Waals surface area contributed by atoms with E-state index in [9.17, 15) is 9.59 Å². The molecule has 4 nitrogen and oxygen atoms in total. The van der Waals surface area contributed by atoms with Gasteiger partial charge in [0.15, 0.2) is 0 Å². The molecule has 0 radical (unpaired) electrons. The molecule has 0 saturated heterocycles. The molecular formula is C14H11Cl3N2O2S. The molecule has 1 heterocycles. The third kappa shape index (κ3) is 4.61. The lowest BCUT2D eigenvalue weighted by molar-refractivity contribution is -0.116. The number of benzene rings is 1. The zero-order chi connectivity index (χ0) is 16.1. The largest absolute Gasteiger partial charge is 0.351 e. The summed E-state index contributed by atoms with van der Waals surface area (Å²) in [4.78, 5) is 23.5. The third-order valence-electron chi connectivity index (χ3n) is 2.71. The van der Waals surface area contributed by atoms with Gasteiger partial charge in [-0.15, -0.1) is 0 Å². The summed E-state index contributed by atoms with van der Waals surface area (Å²) in [7, 11) is 0. The van der Waals surface area contributed by atoms with Crippen molar-refractivity contribution in [2.75, 3.05) is 11.9 Å². The van der Waals surface area contributed by atoms with Crippen LogP contribution in [0.4, 0.5) is 5.69 Å². The molecule has 0 atom stereocenters. The molecule has 1 aromatic heterocycles. The highest BCUT2D eigenvalue weighted by molar-refractivity contribution is 7.08. The summed E-state index contributed by atoms with van der Waals surface area (Å²) in [6.45, 7) is 0.222. The van der Waals surface area contributed by atoms with Crippen molar-refractivity contribution in [3.63, 3.8) is 0 Å². The van der Waals surface area contributed by atoms with Gasteiger partial charge in [0, 0.05) is 23.9 Å². The fraction of sp³-hybridized carbons (Fsp3) is 0.143. The summed E-state index contributed by atoms with van der Waals surface area (Å²) in [5, 5.41) is 9.75. The van der Waals surface area contributed by atoms with Gasteiger partial charge < -0.3 is 10.6 Å². The van der Waals surface area contributed by atoms with E-state index in [0.29, 0.717) is 26.3 Å². The Kier molecular flexibility index (Phi) is 6.08. The number of thiophene rings is 1. The van der Waals surface area contributed by atoms with Gasteiger partial charge in [0.25, 0.3) is 5.91 Å². The fourth-order valence-corrected chi connectivity index (χ4v) is 2.85. The number of hydrogen-bond acceptors (Lipinski definition) is 3. The molecule has 2 N–H and O–H groups in total. The van der Waals surface area contributed by atoms with Crippen LogP contribution >= 0.6 is 46.1 Å². The predicted molar refractivity (Wildman–Crippen MR) is 91.4 cm³/mol. The second kappa shape index (κ2) is 7.83. The van der Waals surface area contributed by atoms with Crippen LogP contribution in [0.5, 0.6) is 0 Å². The lowest BCUT2D eigenvalue weighted by Gasteiger charge is -2.09. The van der Waals surface area contributed by atoms with E-state index in [4.69, 9.17) is 34.8 Å². The topological polar surface area (TPSA) is 58.2 Å². The molecular weight excluding hydrogens is 367 g/mol. The molecule has 8 heteroatoms. The first kappa shape index (κ1) is 17.1. The maximum Gasteiger partial charge on any atom is 0.252 e. The molecule has 22 heavy (non-hydrogen) atoms. The van der Waals surface area contributed by atoms with Crippen LogP contribution in [0.15, 0.2) is 29.0 Å². The lowest BCUT2D eigenvalue weighted by Crippen LogP contribution is -2.27. The lowest BCUT2D eigenvalue weighted by atomic mass is 10.3. The molecule has 0 fully saturated rings. The number of carbonyl (C=O) groups excluding carboxylic acids is 2. The second-order valence-electron chi connectivity index (χ2n) is 4.31. The Labute approximate surface area is 146 Å². The van der Waals surface area contributed by atoms with Crippen molar-refractivity contribution in [2.45, 2.75) is 6.42 Å². The van der Waals surface area contributed by atoms with E-state index >= 15 is 0 Å². The first-order chi connectivity index (χ1) is 10.5. The standard InChI is InChI=1S/C14H11Cl3N2O2S/c15-9-5-11(17)12(6-10(9)16)19-13(20)1-3-18-14(21)8-2-4-22-7-8/h2,4-7H,1,3H2,(H,18,21)(H,19,20). The van der Waals surface area contributed by atoms with Crippen molar-refractivity contribution in [2.24, 2.45) is 0 Å². The van der Waals surface area contributed by atoms with E-state index in [1.807, 2.05) is 5.38 Å². The third-order valence-corrected chi connectivity index (χ3v) is 4.42. The summed E-state index contributed by atoms with van der Waals surface area (Å²) in [5.41, 5.74) is 0.961. The average molecular weight is 378 g/mol. The number of carbonyl (C=O) groups is 2. The molecule has 0 unspecified atom stereocenters. The van der Waals surface area contributed by atoms with Gasteiger partial charge in [-0.3, -0.25) is 9.59 Å². The Balaban J connectivity index is 1.83. The van der Waals surface area contributed by atoms with Gasteiger partial charge in [-0.2, -0.15) is 11.3 Å². The minimum absolute atomic E-state index is 0.118. The zero-order valence-electron chi connectivity index (χ0n) is 11.2. The van der Waals surface area contributed by atoms with E-state index in [1.54, 1.807) is 11.4 Å². The number of rotatable bonds is 5. The number of halogens is 3. The minimum Gasteiger partial charge on any atom is -0.351 e. The first-order valence-electron chi connectivity index (χ1n) is 6.22. The highest BCUT2D eigenvalue weighted by Gasteiger charge is 2.10. The van der Waals surface area contributed by atoms with Crippen LogP contribution in [0.3, 0.4) is 0 Å². The summed E-state index contributed by atoms with van der Waals surface area (Å²) < 4.78 is 0. The minimum atomic E-state index is -0.286. The predicted octanol–water partition coefficient (Wildman–Crippen LogP) is 4.47. The maximum absolute atomic E-state index is 11.8. The van der Waals surface area contributed by atoms with E-state index in [2.05, 4.69) is 10.6 Å². The van der Waals surface area contributed by atoms with Crippen LogP contribution in [-0.2, 0) is 4.79 Å². The van der Waals surface area contributed by atoms with Gasteiger partial charge in [-0.25, -0.2) is 0 Å². The van der Waals surface area contributed by atoms with Gasteiger partial charge in [0.1, 0.15) is 0 Å². The number of hydrogen-bond donors (Lipinski definition) is 2. The quantitative estimate of drug-likeness (QED) is 0.755. The number of nitrogens with one attached hydrogen (secondary N) is 2. The Morgan fingerprint density at radius 1 is 1.09 bits per heavy atom. The van der Waals surface area contributed by atoms with E-state index in [0.717, 1.165) is 0 Å². The summed E-state index contributed by atoms with van der Waals surface area (Å²) >= 11 is 19.1. The highest BCUT2D eigenvalue weighted by Crippen LogP contribution is 2.32. The molecule has 0 spiro atoms. The molecule has 2 aromatic rings. The first-order valence-corrected chi connectivity index (χ1v) is 8.30. The maximum atomic E-state index is 11.8. The molecule has 0 saturated carbocycles. The molecule has 1 aromatic carbocycles. The average Bonchev–Trinajstić information content (AvgIpc) is 2.99. The second-order valence-corrected chi connectivity index (χ2v) is 6.31. The molecule has 2 rings (SSSR count). The Morgan fingerprint density at radius 2 is 1.82 bits per heavy atom. The van der Waals surface area contributed by atoms with Crippen LogP contribution in [0.2, 0.25) is 15.1 Å². The van der Waals surface area contributed by atoms with Crippen molar-refractivity contribution >= 4 is 63.6 Å². The van der Waals surface area contributed by atoms with Crippen molar-refractivity contribution in [1.82, 2.24) is 5.32 Å². The van der Waals surface area contributed by atoms with Crippen molar-refractivity contribution < 1.29 is 9.59 Å². The number of amides is 2. The van der Waals surface area contributed by atoms with Gasteiger partial charge in [0.05, 0.1) is 20.8 Å². The van der Waals surface area contributed by atoms with Gasteiger partial charge in [0.2, 0.25) is 5.91 Å². The molecule has 2 amide bonds.